The van der Waals surface area contributed by atoms with Crippen LogP contribution < -0.4 is 5.32 Å². The number of hydrogen-bond donors (Lipinski definition) is 1. The van der Waals surface area contributed by atoms with Gasteiger partial charge in [0.1, 0.15) is 6.04 Å². The van der Waals surface area contributed by atoms with E-state index in [2.05, 4.69) is 19.2 Å². The number of likely N-dealkylation sites (tertiary alicyclic amines) is 2. The molecule has 1 atom stereocenters. The Morgan fingerprint density at radius 3 is 2.29 bits per heavy atom. The molecule has 0 aromatic heterocycles. The topological polar surface area (TPSA) is 69.7 Å². The van der Waals surface area contributed by atoms with Crippen molar-refractivity contribution in [2.45, 2.75) is 65.3 Å². The lowest BCUT2D eigenvalue weighted by Crippen LogP contribution is -2.55. The van der Waals surface area contributed by atoms with Crippen molar-refractivity contribution in [3.63, 3.8) is 0 Å². The normalized spacial score (nSPS) is 18.7. The number of piperidine rings is 2. The zero-order valence-electron chi connectivity index (χ0n) is 19.2. The molecule has 6 heteroatoms. The second-order valence-electron chi connectivity index (χ2n) is 9.52. The van der Waals surface area contributed by atoms with Gasteiger partial charge in [0.25, 0.3) is 5.91 Å². The number of aryl methyl sites for hydroxylation is 1. The predicted molar refractivity (Wildman–Crippen MR) is 122 cm³/mol. The maximum Gasteiger partial charge on any atom is 0.251 e. The highest BCUT2D eigenvalue weighted by molar-refractivity contribution is 5.97. The number of carbonyl (C=O) groups is 3. The lowest BCUT2D eigenvalue weighted by atomic mass is 9.87. The highest BCUT2D eigenvalue weighted by atomic mass is 16.2. The third-order valence-electron chi connectivity index (χ3n) is 6.45. The smallest absolute Gasteiger partial charge is 0.251 e. The van der Waals surface area contributed by atoms with Crippen LogP contribution in [0.5, 0.6) is 0 Å². The second-order valence-corrected chi connectivity index (χ2v) is 9.52. The number of benzene rings is 1. The molecule has 31 heavy (non-hydrogen) atoms. The van der Waals surface area contributed by atoms with Crippen LogP contribution in [0, 0.1) is 18.8 Å². The third kappa shape index (κ3) is 6.31. The summed E-state index contributed by atoms with van der Waals surface area (Å²) in [4.78, 5) is 42.7. The predicted octanol–water partition coefficient (Wildman–Crippen LogP) is 3.39. The van der Waals surface area contributed by atoms with Gasteiger partial charge in [0.15, 0.2) is 0 Å². The Morgan fingerprint density at radius 1 is 1.00 bits per heavy atom. The standard InChI is InChI=1S/C25H37N3O3/c1-18(2)16-22(29)27-14-10-20(11-15-27)23(25(31)28-12-5-4-6-13-28)26-24(30)21-9-7-8-19(3)17-21/h7-9,17-18,20,23H,4-6,10-16H2,1-3H3,(H,26,30). The number of rotatable bonds is 6. The maximum atomic E-state index is 13.4. The molecule has 3 amide bonds. The highest BCUT2D eigenvalue weighted by Crippen LogP contribution is 2.25. The molecule has 2 heterocycles. The molecule has 2 saturated heterocycles. The SMILES string of the molecule is Cc1cccc(C(=O)NC(C(=O)N2CCCCC2)C2CCN(C(=O)CC(C)C)CC2)c1. The summed E-state index contributed by atoms with van der Waals surface area (Å²) in [5.41, 5.74) is 1.60. The van der Waals surface area contributed by atoms with E-state index >= 15 is 0 Å². The molecule has 0 saturated carbocycles. The first-order chi connectivity index (χ1) is 14.8. The minimum atomic E-state index is -0.534. The molecule has 3 rings (SSSR count). The van der Waals surface area contributed by atoms with Crippen molar-refractivity contribution in [1.82, 2.24) is 15.1 Å². The second kappa shape index (κ2) is 10.8. The molecule has 170 valence electrons. The van der Waals surface area contributed by atoms with Crippen molar-refractivity contribution in [3.8, 4) is 0 Å². The van der Waals surface area contributed by atoms with Gasteiger partial charge in [-0.3, -0.25) is 14.4 Å². The van der Waals surface area contributed by atoms with Crippen LogP contribution in [0.25, 0.3) is 0 Å². The van der Waals surface area contributed by atoms with Crippen LogP contribution in [0.3, 0.4) is 0 Å². The Bertz CT molecular complexity index is 778. The van der Waals surface area contributed by atoms with E-state index in [-0.39, 0.29) is 23.6 Å². The lowest BCUT2D eigenvalue weighted by molar-refractivity contribution is -0.137. The van der Waals surface area contributed by atoms with Crippen molar-refractivity contribution in [3.05, 3.63) is 35.4 Å². The fourth-order valence-electron chi connectivity index (χ4n) is 4.66. The van der Waals surface area contributed by atoms with Crippen LogP contribution in [0.4, 0.5) is 0 Å². The molecule has 0 aliphatic carbocycles. The minimum Gasteiger partial charge on any atom is -0.343 e. The molecule has 0 bridgehead atoms. The molecule has 1 N–H and O–H groups in total. The molecule has 2 aliphatic rings. The maximum absolute atomic E-state index is 13.4. The van der Waals surface area contributed by atoms with Gasteiger partial charge in [0.05, 0.1) is 0 Å². The number of nitrogens with zero attached hydrogens (tertiary/aromatic N) is 2. The van der Waals surface area contributed by atoms with Crippen LogP contribution in [0.1, 0.15) is 68.3 Å². The summed E-state index contributed by atoms with van der Waals surface area (Å²) >= 11 is 0. The highest BCUT2D eigenvalue weighted by Gasteiger charge is 2.36. The van der Waals surface area contributed by atoms with Crippen molar-refractivity contribution < 1.29 is 14.4 Å². The van der Waals surface area contributed by atoms with Crippen LogP contribution in [-0.2, 0) is 9.59 Å². The molecule has 0 radical (unpaired) electrons. The van der Waals surface area contributed by atoms with Gasteiger partial charge in [-0.15, -0.1) is 0 Å². The van der Waals surface area contributed by atoms with Crippen LogP contribution in [0.2, 0.25) is 0 Å². The lowest BCUT2D eigenvalue weighted by Gasteiger charge is -2.38. The summed E-state index contributed by atoms with van der Waals surface area (Å²) in [6.07, 6.45) is 5.23. The van der Waals surface area contributed by atoms with Gasteiger partial charge >= 0.3 is 0 Å². The Morgan fingerprint density at radius 2 is 1.68 bits per heavy atom. The molecule has 1 aromatic rings. The van der Waals surface area contributed by atoms with Gasteiger partial charge < -0.3 is 15.1 Å². The average molecular weight is 428 g/mol. The summed E-state index contributed by atoms with van der Waals surface area (Å²) in [7, 11) is 0. The molecule has 1 aromatic carbocycles. The first-order valence-electron chi connectivity index (χ1n) is 11.8. The quantitative estimate of drug-likeness (QED) is 0.757. The molecule has 2 fully saturated rings. The zero-order valence-corrected chi connectivity index (χ0v) is 19.2. The Kier molecular flexibility index (Phi) is 8.10. The van der Waals surface area contributed by atoms with Gasteiger partial charge in [0.2, 0.25) is 11.8 Å². The van der Waals surface area contributed by atoms with Gasteiger partial charge in [-0.25, -0.2) is 0 Å². The first-order valence-corrected chi connectivity index (χ1v) is 11.8. The van der Waals surface area contributed by atoms with E-state index in [0.29, 0.717) is 31.0 Å². The summed E-state index contributed by atoms with van der Waals surface area (Å²) in [6.45, 7) is 8.90. The van der Waals surface area contributed by atoms with E-state index in [1.807, 2.05) is 34.9 Å². The fraction of sp³-hybridized carbons (Fsp3) is 0.640. The first kappa shape index (κ1) is 23.3. The van der Waals surface area contributed by atoms with Crippen molar-refractivity contribution in [2.24, 2.45) is 11.8 Å². The van der Waals surface area contributed by atoms with Crippen LogP contribution in [0.15, 0.2) is 24.3 Å². The molecule has 2 aliphatic heterocycles. The Balaban J connectivity index is 1.71. The van der Waals surface area contributed by atoms with E-state index in [4.69, 9.17) is 0 Å². The fourth-order valence-corrected chi connectivity index (χ4v) is 4.66. The van der Waals surface area contributed by atoms with E-state index in [9.17, 15) is 14.4 Å². The van der Waals surface area contributed by atoms with E-state index in [1.165, 1.54) is 0 Å². The third-order valence-corrected chi connectivity index (χ3v) is 6.45. The van der Waals surface area contributed by atoms with Gasteiger partial charge in [-0.05, 0) is 63.0 Å². The van der Waals surface area contributed by atoms with Gasteiger partial charge in [-0.2, -0.15) is 0 Å². The van der Waals surface area contributed by atoms with Crippen LogP contribution >= 0.6 is 0 Å². The number of hydrogen-bond acceptors (Lipinski definition) is 3. The average Bonchev–Trinajstić information content (AvgIpc) is 2.77. The van der Waals surface area contributed by atoms with Crippen molar-refractivity contribution >= 4 is 17.7 Å². The number of carbonyl (C=O) groups excluding carboxylic acids is 3. The van der Waals surface area contributed by atoms with E-state index < -0.39 is 6.04 Å². The van der Waals surface area contributed by atoms with Crippen molar-refractivity contribution in [1.29, 1.82) is 0 Å². The molecular formula is C25H37N3O3. The van der Waals surface area contributed by atoms with E-state index in [1.54, 1.807) is 6.07 Å². The Hall–Kier alpha value is -2.37. The van der Waals surface area contributed by atoms with Gasteiger partial charge in [-0.1, -0.05) is 31.5 Å². The number of nitrogens with one attached hydrogen (secondary N) is 1. The van der Waals surface area contributed by atoms with E-state index in [0.717, 1.165) is 50.8 Å². The molecule has 1 unspecified atom stereocenters. The molecule has 6 nitrogen and oxygen atoms in total. The summed E-state index contributed by atoms with van der Waals surface area (Å²) in [5.74, 6) is 0.416. The minimum absolute atomic E-state index is 0.0349. The summed E-state index contributed by atoms with van der Waals surface area (Å²) in [6, 6.07) is 6.93. The molecular weight excluding hydrogens is 390 g/mol. The van der Waals surface area contributed by atoms with Gasteiger partial charge in [0, 0.05) is 38.2 Å². The monoisotopic (exact) mass is 427 g/mol. The summed E-state index contributed by atoms with van der Waals surface area (Å²) < 4.78 is 0. The van der Waals surface area contributed by atoms with Crippen LogP contribution in [-0.4, -0.2) is 59.7 Å². The largest absolute Gasteiger partial charge is 0.343 e. The zero-order chi connectivity index (χ0) is 22.4. The Labute approximate surface area is 186 Å². The summed E-state index contributed by atoms with van der Waals surface area (Å²) in [5, 5.41) is 3.07. The van der Waals surface area contributed by atoms with Crippen molar-refractivity contribution in [2.75, 3.05) is 26.2 Å². The molecule has 0 spiro atoms. The number of amides is 3.